The molecular weight excluding hydrogens is 292 g/mol. The van der Waals surface area contributed by atoms with E-state index >= 15 is 0 Å². The monoisotopic (exact) mass is 311 g/mol. The molecule has 114 valence electrons. The van der Waals surface area contributed by atoms with Gasteiger partial charge in [0.05, 0.1) is 11.9 Å². The summed E-state index contributed by atoms with van der Waals surface area (Å²) in [7, 11) is 0. The highest BCUT2D eigenvalue weighted by Gasteiger charge is 2.13. The Bertz CT molecular complexity index is 573. The topological polar surface area (TPSA) is 40.7 Å². The summed E-state index contributed by atoms with van der Waals surface area (Å²) in [5, 5.41) is 10.5. The number of hydrogen-bond donors (Lipinski definition) is 2. The molecule has 0 aliphatic carbocycles. The number of hydrogen-bond acceptors (Lipinski definition) is 3. The Kier molecular flexibility index (Phi) is 5.00. The van der Waals surface area contributed by atoms with Gasteiger partial charge in [-0.25, -0.2) is 0 Å². The molecule has 1 aromatic carbocycles. The summed E-state index contributed by atoms with van der Waals surface area (Å²) in [4.78, 5) is 0.558. The number of H-pyrrole nitrogens is 1. The minimum absolute atomic E-state index is 0.0201. The predicted octanol–water partition coefficient (Wildman–Crippen LogP) is 4.28. The van der Waals surface area contributed by atoms with Crippen molar-refractivity contribution in [3.63, 3.8) is 0 Å². The molecule has 6 heteroatoms. The second-order valence-electron chi connectivity index (χ2n) is 5.78. The molecule has 0 fully saturated rings. The van der Waals surface area contributed by atoms with Crippen LogP contribution < -0.4 is 5.32 Å². The van der Waals surface area contributed by atoms with Crippen molar-refractivity contribution in [1.82, 2.24) is 15.5 Å². The van der Waals surface area contributed by atoms with E-state index in [4.69, 9.17) is 0 Å². The van der Waals surface area contributed by atoms with Crippen LogP contribution in [0.25, 0.3) is 11.3 Å². The lowest BCUT2D eigenvalue weighted by molar-refractivity contribution is 0.252. The predicted molar refractivity (Wildman–Crippen MR) is 82.5 cm³/mol. The first kappa shape index (κ1) is 16.0. The lowest BCUT2D eigenvalue weighted by Gasteiger charge is -2.20. The Morgan fingerprint density at radius 1 is 1.24 bits per heavy atom. The minimum Gasteiger partial charge on any atom is -0.308 e. The number of nitrogens with zero attached hydrogens (tertiary/aromatic N) is 1. The number of benzene rings is 1. The maximum Gasteiger partial charge on any atom is 0.288 e. The lowest BCUT2D eigenvalue weighted by Crippen LogP contribution is -2.35. The fourth-order valence-corrected chi connectivity index (χ4v) is 2.36. The van der Waals surface area contributed by atoms with Crippen molar-refractivity contribution in [2.24, 2.45) is 0 Å². The molecular formula is C15H19F2N3S. The van der Waals surface area contributed by atoms with Gasteiger partial charge < -0.3 is 5.32 Å². The average molecular weight is 311 g/mol. The van der Waals surface area contributed by atoms with Gasteiger partial charge in [-0.1, -0.05) is 23.9 Å². The van der Waals surface area contributed by atoms with E-state index < -0.39 is 5.76 Å². The van der Waals surface area contributed by atoms with Gasteiger partial charge in [0, 0.05) is 22.5 Å². The number of nitrogens with one attached hydrogen (secondary N) is 2. The zero-order valence-corrected chi connectivity index (χ0v) is 13.1. The van der Waals surface area contributed by atoms with Gasteiger partial charge in [-0.2, -0.15) is 13.9 Å². The molecule has 1 heterocycles. The zero-order chi connectivity index (χ0) is 15.5. The second-order valence-corrected chi connectivity index (χ2v) is 6.84. The van der Waals surface area contributed by atoms with Gasteiger partial charge in [-0.15, -0.1) is 0 Å². The molecule has 3 nitrogen and oxygen atoms in total. The maximum absolute atomic E-state index is 12.3. The molecule has 0 atom stereocenters. The van der Waals surface area contributed by atoms with Crippen LogP contribution in [0.1, 0.15) is 26.3 Å². The summed E-state index contributed by atoms with van der Waals surface area (Å²) in [6.45, 7) is 7.00. The van der Waals surface area contributed by atoms with Crippen LogP contribution in [-0.4, -0.2) is 21.5 Å². The third kappa shape index (κ3) is 4.82. The lowest BCUT2D eigenvalue weighted by atomic mass is 10.1. The molecule has 0 aliphatic heterocycles. The molecule has 0 spiro atoms. The first-order valence-electron chi connectivity index (χ1n) is 6.68. The summed E-state index contributed by atoms with van der Waals surface area (Å²) in [6, 6.07) is 7.07. The van der Waals surface area contributed by atoms with Crippen LogP contribution in [0.5, 0.6) is 0 Å². The largest absolute Gasteiger partial charge is 0.308 e. The van der Waals surface area contributed by atoms with Crippen molar-refractivity contribution < 1.29 is 8.78 Å². The van der Waals surface area contributed by atoms with E-state index in [1.54, 1.807) is 18.3 Å². The number of rotatable bonds is 5. The van der Waals surface area contributed by atoms with Crippen molar-refractivity contribution in [1.29, 1.82) is 0 Å². The van der Waals surface area contributed by atoms with Crippen LogP contribution in [0, 0.1) is 0 Å². The van der Waals surface area contributed by atoms with Crippen molar-refractivity contribution in [2.45, 2.75) is 43.5 Å². The van der Waals surface area contributed by atoms with E-state index in [1.165, 1.54) is 0 Å². The van der Waals surface area contributed by atoms with Crippen LogP contribution in [-0.2, 0) is 6.54 Å². The summed E-state index contributed by atoms with van der Waals surface area (Å²) in [6.07, 6.45) is 1.79. The number of thioether (sulfide) groups is 1. The molecule has 2 rings (SSSR count). The Morgan fingerprint density at radius 3 is 2.48 bits per heavy atom. The molecule has 1 aromatic heterocycles. The average Bonchev–Trinajstić information content (AvgIpc) is 2.84. The number of halogens is 2. The highest BCUT2D eigenvalue weighted by molar-refractivity contribution is 7.99. The molecule has 0 bridgehead atoms. The zero-order valence-electron chi connectivity index (χ0n) is 12.3. The smallest absolute Gasteiger partial charge is 0.288 e. The maximum atomic E-state index is 12.3. The second kappa shape index (κ2) is 6.58. The van der Waals surface area contributed by atoms with Gasteiger partial charge >= 0.3 is 0 Å². The quantitative estimate of drug-likeness (QED) is 0.810. The number of aromatic nitrogens is 2. The van der Waals surface area contributed by atoms with Crippen LogP contribution in [0.15, 0.2) is 35.4 Å². The molecule has 0 saturated carbocycles. The normalized spacial score (nSPS) is 12.1. The van der Waals surface area contributed by atoms with E-state index in [9.17, 15) is 8.78 Å². The minimum atomic E-state index is -2.39. The standard InChI is InChI=1S/C15H19F2N3S/c1-15(2,3)18-8-11-9-19-20-13(11)10-4-6-12(7-5-10)21-14(16)17/h4-7,9,14,18H,8H2,1-3H3,(H,19,20). The van der Waals surface area contributed by atoms with Crippen LogP contribution in [0.2, 0.25) is 0 Å². The van der Waals surface area contributed by atoms with Crippen LogP contribution in [0.3, 0.4) is 0 Å². The molecule has 2 N–H and O–H groups in total. The summed E-state index contributed by atoms with van der Waals surface area (Å²) in [5.41, 5.74) is 2.93. The van der Waals surface area contributed by atoms with Crippen molar-refractivity contribution in [2.75, 3.05) is 0 Å². The van der Waals surface area contributed by atoms with Gasteiger partial charge in [-0.05, 0) is 38.5 Å². The first-order chi connectivity index (χ1) is 9.85. The summed E-state index contributed by atoms with van der Waals surface area (Å²) < 4.78 is 24.6. The highest BCUT2D eigenvalue weighted by atomic mass is 32.2. The van der Waals surface area contributed by atoms with Gasteiger partial charge in [-0.3, -0.25) is 5.10 Å². The van der Waals surface area contributed by atoms with Gasteiger partial charge in [0.2, 0.25) is 0 Å². The molecule has 0 amide bonds. The van der Waals surface area contributed by atoms with E-state index in [0.717, 1.165) is 16.8 Å². The molecule has 2 aromatic rings. The molecule has 0 radical (unpaired) electrons. The number of aromatic amines is 1. The number of alkyl halides is 2. The Hall–Kier alpha value is -1.40. The van der Waals surface area contributed by atoms with E-state index in [-0.39, 0.29) is 5.54 Å². The van der Waals surface area contributed by atoms with Crippen molar-refractivity contribution >= 4 is 11.8 Å². The van der Waals surface area contributed by atoms with Crippen LogP contribution in [0.4, 0.5) is 8.78 Å². The molecule has 0 unspecified atom stereocenters. The third-order valence-electron chi connectivity index (χ3n) is 2.90. The Balaban J connectivity index is 2.13. The summed E-state index contributed by atoms with van der Waals surface area (Å²) in [5.74, 6) is -2.39. The van der Waals surface area contributed by atoms with Gasteiger partial charge in [0.15, 0.2) is 0 Å². The molecule has 0 aliphatic rings. The first-order valence-corrected chi connectivity index (χ1v) is 7.55. The fraction of sp³-hybridized carbons (Fsp3) is 0.400. The van der Waals surface area contributed by atoms with Gasteiger partial charge in [0.1, 0.15) is 0 Å². The molecule has 0 saturated heterocycles. The van der Waals surface area contributed by atoms with Gasteiger partial charge in [0.25, 0.3) is 5.76 Å². The van der Waals surface area contributed by atoms with E-state index in [2.05, 4.69) is 36.3 Å². The summed E-state index contributed by atoms with van der Waals surface area (Å²) >= 11 is 0.551. The van der Waals surface area contributed by atoms with E-state index in [0.29, 0.717) is 23.2 Å². The fourth-order valence-electron chi connectivity index (χ4n) is 1.86. The highest BCUT2D eigenvalue weighted by Crippen LogP contribution is 2.28. The Morgan fingerprint density at radius 2 is 1.90 bits per heavy atom. The SMILES string of the molecule is CC(C)(C)NCc1cn[nH]c1-c1ccc(SC(F)F)cc1. The van der Waals surface area contributed by atoms with E-state index in [1.807, 2.05) is 12.1 Å². The third-order valence-corrected chi connectivity index (χ3v) is 3.62. The molecule has 21 heavy (non-hydrogen) atoms. The van der Waals surface area contributed by atoms with Crippen molar-refractivity contribution in [3.8, 4) is 11.3 Å². The van der Waals surface area contributed by atoms with Crippen molar-refractivity contribution in [3.05, 3.63) is 36.0 Å². The van der Waals surface area contributed by atoms with Crippen LogP contribution >= 0.6 is 11.8 Å². The Labute approximate surface area is 127 Å².